The summed E-state index contributed by atoms with van der Waals surface area (Å²) < 4.78 is 1.06. The lowest BCUT2D eigenvalue weighted by Gasteiger charge is -2.02. The first-order valence-electron chi connectivity index (χ1n) is 5.29. The van der Waals surface area contributed by atoms with E-state index in [1.54, 1.807) is 0 Å². The van der Waals surface area contributed by atoms with Gasteiger partial charge in [0.1, 0.15) is 5.82 Å². The van der Waals surface area contributed by atoms with Gasteiger partial charge in [0.2, 0.25) is 0 Å². The number of nitrogens with one attached hydrogen (secondary N) is 1. The average Bonchev–Trinajstić information content (AvgIpc) is 2.72. The fourth-order valence-corrected chi connectivity index (χ4v) is 2.16. The van der Waals surface area contributed by atoms with Crippen LogP contribution in [0.1, 0.15) is 18.4 Å². The van der Waals surface area contributed by atoms with Crippen molar-refractivity contribution >= 4 is 15.9 Å². The summed E-state index contributed by atoms with van der Waals surface area (Å²) in [5.74, 6) is 0.836. The van der Waals surface area contributed by atoms with E-state index >= 15 is 0 Å². The van der Waals surface area contributed by atoms with Gasteiger partial charge in [-0.3, -0.25) is 0 Å². The molecule has 0 saturated carbocycles. The van der Waals surface area contributed by atoms with E-state index in [-0.39, 0.29) is 0 Å². The predicted molar refractivity (Wildman–Crippen MR) is 69.0 cm³/mol. The number of benzene rings is 1. The maximum Gasteiger partial charge on any atom is 0.120 e. The monoisotopic (exact) mass is 279 g/mol. The molecule has 4 heteroatoms. The zero-order valence-corrected chi connectivity index (χ0v) is 10.7. The lowest BCUT2D eigenvalue weighted by Crippen LogP contribution is -1.98. The van der Waals surface area contributed by atoms with Crippen molar-refractivity contribution in [2.75, 3.05) is 0 Å². The molecule has 0 unspecified atom stereocenters. The Kier molecular flexibility index (Phi) is 3.41. The number of aryl methyl sites for hydroxylation is 1. The second-order valence-electron chi connectivity index (χ2n) is 3.55. The van der Waals surface area contributed by atoms with Crippen LogP contribution in [-0.2, 0) is 13.0 Å². The Balaban J connectivity index is 2.54. The van der Waals surface area contributed by atoms with E-state index < -0.39 is 0 Å². The van der Waals surface area contributed by atoms with Crippen LogP contribution in [0.15, 0.2) is 28.7 Å². The highest BCUT2D eigenvalue weighted by Gasteiger charge is 2.12. The van der Waals surface area contributed by atoms with Gasteiger partial charge in [-0.2, -0.15) is 0 Å². The zero-order chi connectivity index (χ0) is 11.5. The van der Waals surface area contributed by atoms with Crippen LogP contribution in [0.4, 0.5) is 0 Å². The number of rotatable bonds is 3. The Hall–Kier alpha value is -1.13. The lowest BCUT2D eigenvalue weighted by molar-refractivity contribution is 0.932. The molecule has 84 valence electrons. The van der Waals surface area contributed by atoms with Gasteiger partial charge < -0.3 is 10.7 Å². The zero-order valence-electron chi connectivity index (χ0n) is 9.13. The van der Waals surface area contributed by atoms with Crippen LogP contribution in [0.2, 0.25) is 0 Å². The van der Waals surface area contributed by atoms with Crippen LogP contribution < -0.4 is 5.73 Å². The first kappa shape index (κ1) is 11.4. The Morgan fingerprint density at radius 3 is 2.75 bits per heavy atom. The first-order chi connectivity index (χ1) is 7.76. The summed E-state index contributed by atoms with van der Waals surface area (Å²) in [5, 5.41) is 0. The summed E-state index contributed by atoms with van der Waals surface area (Å²) in [6.07, 6.45) is 0.920. The average molecular weight is 280 g/mol. The maximum atomic E-state index is 5.60. The number of aromatic amines is 1. The summed E-state index contributed by atoms with van der Waals surface area (Å²) in [6.45, 7) is 2.55. The number of imidazole rings is 1. The molecule has 0 radical (unpaired) electrons. The van der Waals surface area contributed by atoms with Gasteiger partial charge >= 0.3 is 0 Å². The maximum absolute atomic E-state index is 5.60. The molecule has 0 atom stereocenters. The predicted octanol–water partition coefficient (Wildman–Crippen LogP) is 2.86. The van der Waals surface area contributed by atoms with Crippen molar-refractivity contribution in [1.82, 2.24) is 9.97 Å². The van der Waals surface area contributed by atoms with Crippen molar-refractivity contribution in [2.24, 2.45) is 5.73 Å². The summed E-state index contributed by atoms with van der Waals surface area (Å²) in [7, 11) is 0. The molecule has 3 nitrogen and oxygen atoms in total. The highest BCUT2D eigenvalue weighted by molar-refractivity contribution is 9.10. The second-order valence-corrected chi connectivity index (χ2v) is 4.40. The molecule has 0 fully saturated rings. The molecule has 1 aromatic heterocycles. The number of halogens is 1. The third-order valence-electron chi connectivity index (χ3n) is 2.50. The standard InChI is InChI=1S/C12H14BrN3/c1-2-10-12(16-11(7-14)15-10)8-5-3-4-6-9(8)13/h3-6H,2,7,14H2,1H3,(H,15,16). The van der Waals surface area contributed by atoms with Crippen molar-refractivity contribution in [2.45, 2.75) is 19.9 Å². The molecule has 1 aromatic carbocycles. The SMILES string of the molecule is CCc1[nH]c(CN)nc1-c1ccccc1Br. The summed E-state index contributed by atoms with van der Waals surface area (Å²) in [6, 6.07) is 8.08. The molecule has 0 saturated heterocycles. The van der Waals surface area contributed by atoms with Gasteiger partial charge in [0.15, 0.2) is 0 Å². The fourth-order valence-electron chi connectivity index (χ4n) is 1.69. The topological polar surface area (TPSA) is 54.7 Å². The van der Waals surface area contributed by atoms with Crippen LogP contribution in [-0.4, -0.2) is 9.97 Å². The summed E-state index contributed by atoms with van der Waals surface area (Å²) in [5.41, 5.74) is 8.83. The van der Waals surface area contributed by atoms with E-state index in [0.717, 1.165) is 33.7 Å². The minimum absolute atomic E-state index is 0.442. The number of hydrogen-bond donors (Lipinski definition) is 2. The van der Waals surface area contributed by atoms with E-state index in [0.29, 0.717) is 6.54 Å². The van der Waals surface area contributed by atoms with Crippen LogP contribution in [0.5, 0.6) is 0 Å². The Bertz CT molecular complexity index is 491. The largest absolute Gasteiger partial charge is 0.344 e. The summed E-state index contributed by atoms with van der Waals surface area (Å²) >= 11 is 3.54. The lowest BCUT2D eigenvalue weighted by atomic mass is 10.1. The van der Waals surface area contributed by atoms with E-state index in [2.05, 4.69) is 38.9 Å². The van der Waals surface area contributed by atoms with Crippen molar-refractivity contribution < 1.29 is 0 Å². The van der Waals surface area contributed by atoms with Gasteiger partial charge in [-0.25, -0.2) is 4.98 Å². The van der Waals surface area contributed by atoms with Crippen molar-refractivity contribution in [1.29, 1.82) is 0 Å². The number of H-pyrrole nitrogens is 1. The number of aromatic nitrogens is 2. The molecular formula is C12H14BrN3. The number of hydrogen-bond acceptors (Lipinski definition) is 2. The molecule has 0 bridgehead atoms. The van der Waals surface area contributed by atoms with Crippen molar-refractivity contribution in [3.8, 4) is 11.3 Å². The Morgan fingerprint density at radius 2 is 2.12 bits per heavy atom. The molecule has 0 amide bonds. The highest BCUT2D eigenvalue weighted by atomic mass is 79.9. The fraction of sp³-hybridized carbons (Fsp3) is 0.250. The molecule has 3 N–H and O–H groups in total. The quantitative estimate of drug-likeness (QED) is 0.908. The molecular weight excluding hydrogens is 266 g/mol. The van der Waals surface area contributed by atoms with Crippen LogP contribution in [0.25, 0.3) is 11.3 Å². The molecule has 0 spiro atoms. The number of nitrogens with two attached hydrogens (primary N) is 1. The molecule has 0 aliphatic carbocycles. The van der Waals surface area contributed by atoms with E-state index in [9.17, 15) is 0 Å². The molecule has 16 heavy (non-hydrogen) atoms. The molecule has 1 heterocycles. The normalized spacial score (nSPS) is 10.7. The molecule has 2 rings (SSSR count). The van der Waals surface area contributed by atoms with Crippen molar-refractivity contribution in [3.05, 3.63) is 40.3 Å². The number of nitrogens with zero attached hydrogens (tertiary/aromatic N) is 1. The first-order valence-corrected chi connectivity index (χ1v) is 6.08. The van der Waals surface area contributed by atoms with Crippen LogP contribution in [0, 0.1) is 0 Å². The van der Waals surface area contributed by atoms with Gasteiger partial charge in [0.25, 0.3) is 0 Å². The van der Waals surface area contributed by atoms with Crippen LogP contribution in [0.3, 0.4) is 0 Å². The van der Waals surface area contributed by atoms with Gasteiger partial charge in [-0.15, -0.1) is 0 Å². The minimum atomic E-state index is 0.442. The molecule has 2 aromatic rings. The van der Waals surface area contributed by atoms with E-state index in [4.69, 9.17) is 5.73 Å². The van der Waals surface area contributed by atoms with Crippen molar-refractivity contribution in [3.63, 3.8) is 0 Å². The third kappa shape index (κ3) is 2.03. The third-order valence-corrected chi connectivity index (χ3v) is 3.20. The smallest absolute Gasteiger partial charge is 0.120 e. The van der Waals surface area contributed by atoms with E-state index in [1.807, 2.05) is 18.2 Å². The minimum Gasteiger partial charge on any atom is -0.344 e. The van der Waals surface area contributed by atoms with Gasteiger partial charge in [0, 0.05) is 15.7 Å². The van der Waals surface area contributed by atoms with Gasteiger partial charge in [-0.05, 0) is 12.5 Å². The van der Waals surface area contributed by atoms with Gasteiger partial charge in [0.05, 0.1) is 12.2 Å². The Morgan fingerprint density at radius 1 is 1.38 bits per heavy atom. The molecule has 0 aliphatic heterocycles. The second kappa shape index (κ2) is 4.80. The van der Waals surface area contributed by atoms with Gasteiger partial charge in [-0.1, -0.05) is 41.1 Å². The summed E-state index contributed by atoms with van der Waals surface area (Å²) in [4.78, 5) is 7.77. The van der Waals surface area contributed by atoms with Crippen LogP contribution >= 0.6 is 15.9 Å². The van der Waals surface area contributed by atoms with E-state index in [1.165, 1.54) is 0 Å². The Labute approximate surface area is 103 Å². The molecule has 0 aliphatic rings. The highest BCUT2D eigenvalue weighted by Crippen LogP contribution is 2.29.